The third kappa shape index (κ3) is 2.18. The van der Waals surface area contributed by atoms with Gasteiger partial charge in [-0.05, 0) is 36.8 Å². The first-order valence-corrected chi connectivity index (χ1v) is 5.54. The van der Waals surface area contributed by atoms with Crippen LogP contribution in [0.15, 0.2) is 34.7 Å². The monoisotopic (exact) mass is 243 g/mol. The minimum Gasteiger partial charge on any atom is -0.453 e. The van der Waals surface area contributed by atoms with Crippen LogP contribution in [0.5, 0.6) is 0 Å². The SMILES string of the molecule is CNC(=O)c1ccc(C)c(-c2ccc(C=O)o2)c1. The highest BCUT2D eigenvalue weighted by Crippen LogP contribution is 2.26. The number of aldehydes is 1. The van der Waals surface area contributed by atoms with Crippen LogP contribution in [-0.4, -0.2) is 19.2 Å². The quantitative estimate of drug-likeness (QED) is 0.842. The lowest BCUT2D eigenvalue weighted by atomic mass is 10.0. The van der Waals surface area contributed by atoms with Crippen LogP contribution in [-0.2, 0) is 0 Å². The molecule has 0 saturated carbocycles. The standard InChI is InChI=1S/C14H13NO3/c1-9-3-4-10(14(17)15-2)7-12(9)13-6-5-11(8-16)18-13/h3-8H,1-2H3,(H,15,17). The highest BCUT2D eigenvalue weighted by atomic mass is 16.3. The summed E-state index contributed by atoms with van der Waals surface area (Å²) in [6.07, 6.45) is 0.654. The normalized spacial score (nSPS) is 10.1. The zero-order valence-electron chi connectivity index (χ0n) is 10.2. The van der Waals surface area contributed by atoms with E-state index in [9.17, 15) is 9.59 Å². The fourth-order valence-electron chi connectivity index (χ4n) is 1.73. The van der Waals surface area contributed by atoms with E-state index in [-0.39, 0.29) is 11.7 Å². The van der Waals surface area contributed by atoms with Crippen molar-refractivity contribution in [3.8, 4) is 11.3 Å². The molecule has 1 N–H and O–H groups in total. The van der Waals surface area contributed by atoms with E-state index in [0.717, 1.165) is 11.1 Å². The number of benzene rings is 1. The molecule has 1 aromatic carbocycles. The summed E-state index contributed by atoms with van der Waals surface area (Å²) in [6.45, 7) is 1.92. The molecule has 0 aliphatic heterocycles. The van der Waals surface area contributed by atoms with Crippen molar-refractivity contribution in [2.24, 2.45) is 0 Å². The fourth-order valence-corrected chi connectivity index (χ4v) is 1.73. The molecule has 2 aromatic rings. The highest BCUT2D eigenvalue weighted by Gasteiger charge is 2.11. The molecule has 0 radical (unpaired) electrons. The van der Waals surface area contributed by atoms with Gasteiger partial charge in [-0.1, -0.05) is 6.07 Å². The molecular weight excluding hydrogens is 230 g/mol. The predicted molar refractivity (Wildman–Crippen MR) is 67.7 cm³/mol. The molecule has 4 heteroatoms. The van der Waals surface area contributed by atoms with E-state index < -0.39 is 0 Å². The van der Waals surface area contributed by atoms with Crippen molar-refractivity contribution in [2.75, 3.05) is 7.05 Å². The molecule has 92 valence electrons. The molecule has 1 heterocycles. The van der Waals surface area contributed by atoms with Gasteiger partial charge in [-0.25, -0.2) is 0 Å². The molecule has 0 aliphatic rings. The lowest BCUT2D eigenvalue weighted by Gasteiger charge is -2.06. The largest absolute Gasteiger partial charge is 0.453 e. The van der Waals surface area contributed by atoms with Crippen LogP contribution in [0, 0.1) is 6.92 Å². The lowest BCUT2D eigenvalue weighted by Crippen LogP contribution is -2.17. The van der Waals surface area contributed by atoms with Crippen molar-refractivity contribution in [3.05, 3.63) is 47.2 Å². The van der Waals surface area contributed by atoms with E-state index in [1.165, 1.54) is 0 Å². The van der Waals surface area contributed by atoms with Gasteiger partial charge in [0.25, 0.3) is 5.91 Å². The summed E-state index contributed by atoms with van der Waals surface area (Å²) in [6, 6.07) is 8.68. The number of carbonyl (C=O) groups is 2. The highest BCUT2D eigenvalue weighted by molar-refractivity contribution is 5.95. The van der Waals surface area contributed by atoms with Crippen molar-refractivity contribution in [3.63, 3.8) is 0 Å². The summed E-state index contributed by atoms with van der Waals surface area (Å²) in [5.41, 5.74) is 2.35. The first-order valence-electron chi connectivity index (χ1n) is 5.54. The van der Waals surface area contributed by atoms with Crippen molar-refractivity contribution in [1.82, 2.24) is 5.32 Å². The average Bonchev–Trinajstić information content (AvgIpc) is 2.87. The van der Waals surface area contributed by atoms with Crippen molar-refractivity contribution in [1.29, 1.82) is 0 Å². The summed E-state index contributed by atoms with van der Waals surface area (Å²) in [5, 5.41) is 2.57. The van der Waals surface area contributed by atoms with Gasteiger partial charge in [-0.3, -0.25) is 9.59 Å². The number of furan rings is 1. The number of carbonyl (C=O) groups excluding carboxylic acids is 2. The molecule has 2 rings (SSSR count). The topological polar surface area (TPSA) is 59.3 Å². The third-order valence-electron chi connectivity index (χ3n) is 2.74. The molecule has 0 fully saturated rings. The van der Waals surface area contributed by atoms with Gasteiger partial charge in [-0.15, -0.1) is 0 Å². The van der Waals surface area contributed by atoms with E-state index in [1.807, 2.05) is 13.0 Å². The molecule has 0 saturated heterocycles. The maximum absolute atomic E-state index is 11.6. The summed E-state index contributed by atoms with van der Waals surface area (Å²) in [4.78, 5) is 22.2. The summed E-state index contributed by atoms with van der Waals surface area (Å²) in [5.74, 6) is 0.702. The molecule has 1 aromatic heterocycles. The fraction of sp³-hybridized carbons (Fsp3) is 0.143. The maximum atomic E-state index is 11.6. The molecule has 0 bridgehead atoms. The Morgan fingerprint density at radius 3 is 2.67 bits per heavy atom. The van der Waals surface area contributed by atoms with E-state index in [2.05, 4.69) is 5.32 Å². The molecular formula is C14H13NO3. The van der Waals surface area contributed by atoms with Crippen LogP contribution in [0.4, 0.5) is 0 Å². The zero-order chi connectivity index (χ0) is 13.1. The van der Waals surface area contributed by atoms with Gasteiger partial charge in [-0.2, -0.15) is 0 Å². The maximum Gasteiger partial charge on any atom is 0.251 e. The van der Waals surface area contributed by atoms with Crippen molar-refractivity contribution in [2.45, 2.75) is 6.92 Å². The summed E-state index contributed by atoms with van der Waals surface area (Å²) in [7, 11) is 1.58. The van der Waals surface area contributed by atoms with Gasteiger partial charge in [0, 0.05) is 18.2 Å². The van der Waals surface area contributed by atoms with Crippen LogP contribution in [0.3, 0.4) is 0 Å². The molecule has 0 spiro atoms. The first-order chi connectivity index (χ1) is 8.65. The molecule has 0 aliphatic carbocycles. The molecule has 0 unspecified atom stereocenters. The van der Waals surface area contributed by atoms with Gasteiger partial charge >= 0.3 is 0 Å². The van der Waals surface area contributed by atoms with Crippen molar-refractivity contribution < 1.29 is 14.0 Å². The van der Waals surface area contributed by atoms with Crippen LogP contribution < -0.4 is 5.32 Å². The molecule has 18 heavy (non-hydrogen) atoms. The predicted octanol–water partition coefficient (Wildman–Crippen LogP) is 2.43. The zero-order valence-corrected chi connectivity index (χ0v) is 10.2. The van der Waals surface area contributed by atoms with E-state index in [4.69, 9.17) is 4.42 Å². The minimum atomic E-state index is -0.154. The molecule has 0 atom stereocenters. The van der Waals surface area contributed by atoms with Gasteiger partial charge in [0.2, 0.25) is 0 Å². The Morgan fingerprint density at radius 1 is 1.28 bits per heavy atom. The van der Waals surface area contributed by atoms with E-state index in [1.54, 1.807) is 31.3 Å². The number of amides is 1. The Morgan fingerprint density at radius 2 is 2.06 bits per heavy atom. The number of aryl methyl sites for hydroxylation is 1. The Bertz CT molecular complexity index is 599. The second-order valence-electron chi connectivity index (χ2n) is 3.93. The van der Waals surface area contributed by atoms with Crippen LogP contribution >= 0.6 is 0 Å². The summed E-state index contributed by atoms with van der Waals surface area (Å²) < 4.78 is 5.37. The first kappa shape index (κ1) is 12.1. The number of hydrogen-bond acceptors (Lipinski definition) is 3. The number of rotatable bonds is 3. The Balaban J connectivity index is 2.49. The van der Waals surface area contributed by atoms with E-state index >= 15 is 0 Å². The van der Waals surface area contributed by atoms with Crippen LogP contribution in [0.2, 0.25) is 0 Å². The van der Waals surface area contributed by atoms with Crippen LogP contribution in [0.25, 0.3) is 11.3 Å². The Kier molecular flexibility index (Phi) is 3.28. The molecule has 4 nitrogen and oxygen atoms in total. The second kappa shape index (κ2) is 4.87. The Labute approximate surface area is 105 Å². The van der Waals surface area contributed by atoms with Gasteiger partial charge in [0.1, 0.15) is 5.76 Å². The average molecular weight is 243 g/mol. The van der Waals surface area contributed by atoms with E-state index in [0.29, 0.717) is 17.6 Å². The second-order valence-corrected chi connectivity index (χ2v) is 3.93. The van der Waals surface area contributed by atoms with Crippen molar-refractivity contribution >= 4 is 12.2 Å². The molecule has 1 amide bonds. The van der Waals surface area contributed by atoms with Gasteiger partial charge < -0.3 is 9.73 Å². The number of nitrogens with one attached hydrogen (secondary N) is 1. The minimum absolute atomic E-state index is 0.154. The smallest absolute Gasteiger partial charge is 0.251 e. The summed E-state index contributed by atoms with van der Waals surface area (Å²) >= 11 is 0. The van der Waals surface area contributed by atoms with Crippen LogP contribution in [0.1, 0.15) is 26.5 Å². The lowest BCUT2D eigenvalue weighted by molar-refractivity contribution is 0.0962. The van der Waals surface area contributed by atoms with Gasteiger partial charge in [0.15, 0.2) is 12.0 Å². The third-order valence-corrected chi connectivity index (χ3v) is 2.74. The Hall–Kier alpha value is -2.36. The van der Waals surface area contributed by atoms with Gasteiger partial charge in [0.05, 0.1) is 0 Å². The number of hydrogen-bond donors (Lipinski definition) is 1.